The Labute approximate surface area is 131 Å². The van der Waals surface area contributed by atoms with Crippen molar-refractivity contribution < 1.29 is 8.78 Å². The van der Waals surface area contributed by atoms with Crippen LogP contribution in [0.15, 0.2) is 36.4 Å². The van der Waals surface area contributed by atoms with Gasteiger partial charge in [0.25, 0.3) is 0 Å². The van der Waals surface area contributed by atoms with E-state index in [1.54, 1.807) is 12.1 Å². The zero-order chi connectivity index (χ0) is 15.7. The average Bonchev–Trinajstić information content (AvgIpc) is 2.46. The van der Waals surface area contributed by atoms with Crippen LogP contribution in [-0.4, -0.2) is 0 Å². The fourth-order valence-electron chi connectivity index (χ4n) is 3.50. The van der Waals surface area contributed by atoms with Crippen molar-refractivity contribution in [2.24, 2.45) is 5.92 Å². The van der Waals surface area contributed by atoms with E-state index in [0.717, 1.165) is 29.9 Å². The normalized spacial score (nSPS) is 21.8. The first-order valence-corrected chi connectivity index (χ1v) is 8.10. The number of rotatable bonds is 2. The van der Waals surface area contributed by atoms with E-state index in [1.807, 2.05) is 19.1 Å². The van der Waals surface area contributed by atoms with Gasteiger partial charge in [0.05, 0.1) is 0 Å². The minimum absolute atomic E-state index is 0.249. The van der Waals surface area contributed by atoms with Crippen LogP contribution >= 0.6 is 0 Å². The molecule has 2 aromatic rings. The lowest BCUT2D eigenvalue weighted by Crippen LogP contribution is -2.11. The Balaban J connectivity index is 1.89. The molecule has 2 aromatic carbocycles. The van der Waals surface area contributed by atoms with Gasteiger partial charge in [-0.3, -0.25) is 0 Å². The Morgan fingerprint density at radius 3 is 2.27 bits per heavy atom. The second-order valence-corrected chi connectivity index (χ2v) is 6.71. The third-order valence-electron chi connectivity index (χ3n) is 4.83. The third-order valence-corrected chi connectivity index (χ3v) is 4.83. The average molecular weight is 300 g/mol. The molecule has 0 unspecified atom stereocenters. The third kappa shape index (κ3) is 3.21. The van der Waals surface area contributed by atoms with Crippen molar-refractivity contribution >= 4 is 0 Å². The monoisotopic (exact) mass is 300 g/mol. The highest BCUT2D eigenvalue weighted by Gasteiger charge is 2.20. The summed E-state index contributed by atoms with van der Waals surface area (Å²) in [5.41, 5.74) is 2.98. The van der Waals surface area contributed by atoms with Crippen molar-refractivity contribution in [1.82, 2.24) is 0 Å². The van der Waals surface area contributed by atoms with Crippen molar-refractivity contribution in [1.29, 1.82) is 0 Å². The molecule has 0 nitrogen and oxygen atoms in total. The molecule has 2 heteroatoms. The van der Waals surface area contributed by atoms with Crippen molar-refractivity contribution in [3.8, 4) is 11.1 Å². The van der Waals surface area contributed by atoms with Crippen LogP contribution in [0, 0.1) is 24.5 Å². The lowest BCUT2D eigenvalue weighted by atomic mass is 9.79. The zero-order valence-electron chi connectivity index (χ0n) is 13.2. The van der Waals surface area contributed by atoms with Gasteiger partial charge >= 0.3 is 0 Å². The Hall–Kier alpha value is -1.70. The van der Waals surface area contributed by atoms with Crippen LogP contribution in [0.25, 0.3) is 11.1 Å². The van der Waals surface area contributed by atoms with E-state index in [2.05, 4.69) is 6.92 Å². The Bertz CT molecular complexity index is 647. The first-order valence-electron chi connectivity index (χ1n) is 8.10. The number of aryl methyl sites for hydroxylation is 1. The van der Waals surface area contributed by atoms with Gasteiger partial charge in [-0.05, 0) is 66.5 Å². The Kier molecular flexibility index (Phi) is 4.28. The van der Waals surface area contributed by atoms with Crippen LogP contribution in [-0.2, 0) is 0 Å². The molecule has 1 aliphatic rings. The van der Waals surface area contributed by atoms with Crippen molar-refractivity contribution in [2.45, 2.75) is 45.4 Å². The minimum atomic E-state index is -0.320. The standard InChI is InChI=1S/C20H22F2/c1-13-3-5-15(6-4-13)16-7-8-19(20(22)12-16)17-9-14(2)10-18(21)11-17/h7-13,15H,3-6H2,1-2H3. The summed E-state index contributed by atoms with van der Waals surface area (Å²) in [7, 11) is 0. The summed E-state index contributed by atoms with van der Waals surface area (Å²) in [6, 6.07) is 10.1. The van der Waals surface area contributed by atoms with Crippen molar-refractivity contribution in [2.75, 3.05) is 0 Å². The Morgan fingerprint density at radius 2 is 1.64 bits per heavy atom. The molecule has 1 saturated carbocycles. The highest BCUT2D eigenvalue weighted by atomic mass is 19.1. The highest BCUT2D eigenvalue weighted by Crippen LogP contribution is 2.37. The largest absolute Gasteiger partial charge is 0.207 e. The highest BCUT2D eigenvalue weighted by molar-refractivity contribution is 5.65. The van der Waals surface area contributed by atoms with Gasteiger partial charge in [-0.25, -0.2) is 8.78 Å². The van der Waals surface area contributed by atoms with Gasteiger partial charge in [-0.2, -0.15) is 0 Å². The summed E-state index contributed by atoms with van der Waals surface area (Å²) in [6.07, 6.45) is 4.71. The fraction of sp³-hybridized carbons (Fsp3) is 0.400. The molecule has 1 aliphatic carbocycles. The SMILES string of the molecule is Cc1cc(F)cc(-c2ccc(C3CCC(C)CC3)cc2F)c1. The van der Waals surface area contributed by atoms with Crippen LogP contribution in [0.1, 0.15) is 49.7 Å². The van der Waals surface area contributed by atoms with Gasteiger partial charge < -0.3 is 0 Å². The van der Waals surface area contributed by atoms with Gasteiger partial charge in [0, 0.05) is 5.56 Å². The van der Waals surface area contributed by atoms with Gasteiger partial charge in [0.15, 0.2) is 0 Å². The van der Waals surface area contributed by atoms with Crippen LogP contribution in [0.4, 0.5) is 8.78 Å². The van der Waals surface area contributed by atoms with Crippen LogP contribution in [0.2, 0.25) is 0 Å². The molecule has 0 N–H and O–H groups in total. The first-order chi connectivity index (χ1) is 10.5. The molecule has 0 bridgehead atoms. The van der Waals surface area contributed by atoms with E-state index in [-0.39, 0.29) is 11.6 Å². The fourth-order valence-corrected chi connectivity index (χ4v) is 3.50. The van der Waals surface area contributed by atoms with E-state index >= 15 is 0 Å². The molecule has 0 radical (unpaired) electrons. The van der Waals surface area contributed by atoms with Crippen LogP contribution in [0.5, 0.6) is 0 Å². The predicted molar refractivity (Wildman–Crippen MR) is 86.9 cm³/mol. The van der Waals surface area contributed by atoms with Gasteiger partial charge in [0.2, 0.25) is 0 Å². The molecule has 0 amide bonds. The maximum absolute atomic E-state index is 14.5. The zero-order valence-corrected chi connectivity index (χ0v) is 13.2. The quantitative estimate of drug-likeness (QED) is 0.616. The molecule has 3 rings (SSSR count). The second kappa shape index (κ2) is 6.20. The summed E-state index contributed by atoms with van der Waals surface area (Å²) < 4.78 is 28.0. The van der Waals surface area contributed by atoms with Gasteiger partial charge in [0.1, 0.15) is 11.6 Å². The maximum Gasteiger partial charge on any atom is 0.131 e. The van der Waals surface area contributed by atoms with Gasteiger partial charge in [-0.15, -0.1) is 0 Å². The van der Waals surface area contributed by atoms with E-state index in [4.69, 9.17) is 0 Å². The smallest absolute Gasteiger partial charge is 0.131 e. The Morgan fingerprint density at radius 1 is 0.909 bits per heavy atom. The molecule has 0 saturated heterocycles. The van der Waals surface area contributed by atoms with Crippen molar-refractivity contribution in [3.63, 3.8) is 0 Å². The molecule has 0 spiro atoms. The molecule has 0 aliphatic heterocycles. The van der Waals surface area contributed by atoms with E-state index in [9.17, 15) is 8.78 Å². The summed E-state index contributed by atoms with van der Waals surface area (Å²) >= 11 is 0. The maximum atomic E-state index is 14.5. The van der Waals surface area contributed by atoms with E-state index in [1.165, 1.54) is 25.0 Å². The van der Waals surface area contributed by atoms with E-state index < -0.39 is 0 Å². The summed E-state index contributed by atoms with van der Waals surface area (Å²) in [6.45, 7) is 4.11. The number of hydrogen-bond acceptors (Lipinski definition) is 0. The molecular formula is C20H22F2. The number of halogens is 2. The summed E-state index contributed by atoms with van der Waals surface area (Å²) in [5.74, 6) is 0.686. The van der Waals surface area contributed by atoms with Gasteiger partial charge in [-0.1, -0.05) is 38.0 Å². The first kappa shape index (κ1) is 15.2. The summed E-state index contributed by atoms with van der Waals surface area (Å²) in [5, 5.41) is 0. The molecular weight excluding hydrogens is 278 g/mol. The molecule has 1 fully saturated rings. The van der Waals surface area contributed by atoms with Crippen LogP contribution in [0.3, 0.4) is 0 Å². The molecule has 0 heterocycles. The second-order valence-electron chi connectivity index (χ2n) is 6.71. The molecule has 22 heavy (non-hydrogen) atoms. The number of hydrogen-bond donors (Lipinski definition) is 0. The topological polar surface area (TPSA) is 0 Å². The molecule has 0 aromatic heterocycles. The lowest BCUT2D eigenvalue weighted by Gasteiger charge is -2.26. The predicted octanol–water partition coefficient (Wildman–Crippen LogP) is 6.23. The molecule has 0 atom stereocenters. The van der Waals surface area contributed by atoms with E-state index in [0.29, 0.717) is 17.0 Å². The molecule has 116 valence electrons. The minimum Gasteiger partial charge on any atom is -0.207 e. The summed E-state index contributed by atoms with van der Waals surface area (Å²) in [4.78, 5) is 0. The van der Waals surface area contributed by atoms with Crippen molar-refractivity contribution in [3.05, 3.63) is 59.2 Å². The lowest BCUT2D eigenvalue weighted by molar-refractivity contribution is 0.347. The van der Waals surface area contributed by atoms with Crippen LogP contribution < -0.4 is 0 Å². The number of benzene rings is 2.